The summed E-state index contributed by atoms with van der Waals surface area (Å²) in [7, 11) is 5.91. The summed E-state index contributed by atoms with van der Waals surface area (Å²) < 4.78 is 15.2. The third kappa shape index (κ3) is 7.53. The van der Waals surface area contributed by atoms with Gasteiger partial charge < -0.3 is 25.8 Å². The summed E-state index contributed by atoms with van der Waals surface area (Å²) in [5.41, 5.74) is 5.86. The zero-order valence-electron chi connectivity index (χ0n) is 28.0. The lowest BCUT2D eigenvalue weighted by Gasteiger charge is -2.36. The number of nitrogens with zero attached hydrogens (tertiary/aromatic N) is 4. The van der Waals surface area contributed by atoms with Crippen molar-refractivity contribution >= 4 is 17.6 Å². The van der Waals surface area contributed by atoms with Gasteiger partial charge in [-0.1, -0.05) is 44.0 Å². The molecular formula is C37H48FN7O2. The van der Waals surface area contributed by atoms with Gasteiger partial charge in [-0.05, 0) is 86.8 Å². The maximum Gasteiger partial charge on any atom is 0.318 e. The summed E-state index contributed by atoms with van der Waals surface area (Å²) in [6, 6.07) is 12.2. The Morgan fingerprint density at radius 1 is 1.06 bits per heavy atom. The van der Waals surface area contributed by atoms with Crippen LogP contribution in [-0.2, 0) is 18.4 Å². The Bertz CT molecular complexity index is 1590. The number of aryl methyl sites for hydroxylation is 1. The van der Waals surface area contributed by atoms with E-state index in [0.717, 1.165) is 54.5 Å². The zero-order valence-corrected chi connectivity index (χ0v) is 28.0. The SMILES string of the molecule is C[C@@H](C1=CN[C@H]2CCCCC12)[C@@H](NC(=O)N1CCC(c2ccc(F)cc2)CC1)C(=O)Nc1cc(CN(C)C)ccc1-c1cnn(C)c1. The molecule has 250 valence electrons. The van der Waals surface area contributed by atoms with Crippen LogP contribution in [0, 0.1) is 17.7 Å². The Labute approximate surface area is 277 Å². The number of urea groups is 1. The molecule has 0 radical (unpaired) electrons. The number of carbonyl (C=O) groups excluding carboxylic acids is 2. The third-order valence-corrected chi connectivity index (χ3v) is 10.2. The van der Waals surface area contributed by atoms with E-state index in [1.165, 1.54) is 30.5 Å². The van der Waals surface area contributed by atoms with Gasteiger partial charge in [-0.3, -0.25) is 9.48 Å². The predicted octanol–water partition coefficient (Wildman–Crippen LogP) is 5.87. The molecule has 3 aliphatic rings. The van der Waals surface area contributed by atoms with Gasteiger partial charge in [-0.2, -0.15) is 5.10 Å². The van der Waals surface area contributed by atoms with Crippen molar-refractivity contribution in [3.05, 3.63) is 83.6 Å². The van der Waals surface area contributed by atoms with Gasteiger partial charge in [-0.25, -0.2) is 9.18 Å². The molecule has 10 heteroatoms. The van der Waals surface area contributed by atoms with Crippen molar-refractivity contribution in [1.29, 1.82) is 0 Å². The lowest BCUT2D eigenvalue weighted by molar-refractivity contribution is -0.118. The van der Waals surface area contributed by atoms with Gasteiger partial charge in [0.05, 0.1) is 6.20 Å². The molecule has 1 aliphatic carbocycles. The number of benzene rings is 2. The smallest absolute Gasteiger partial charge is 0.318 e. The number of anilines is 1. The lowest BCUT2D eigenvalue weighted by Crippen LogP contribution is -2.54. The van der Waals surface area contributed by atoms with Gasteiger partial charge in [0, 0.05) is 67.6 Å². The molecule has 2 aromatic carbocycles. The Balaban J connectivity index is 1.23. The van der Waals surface area contributed by atoms with Crippen LogP contribution in [0.25, 0.3) is 11.1 Å². The van der Waals surface area contributed by atoms with E-state index in [1.54, 1.807) is 10.9 Å². The average molecular weight is 642 g/mol. The highest BCUT2D eigenvalue weighted by Gasteiger charge is 2.40. The number of piperidine rings is 1. The summed E-state index contributed by atoms with van der Waals surface area (Å²) in [6.45, 7) is 3.94. The molecule has 6 rings (SSSR count). The molecular weight excluding hydrogens is 593 g/mol. The highest BCUT2D eigenvalue weighted by Crippen LogP contribution is 2.39. The van der Waals surface area contributed by atoms with E-state index in [2.05, 4.69) is 45.1 Å². The molecule has 3 amide bonds. The molecule has 2 fully saturated rings. The largest absolute Gasteiger partial charge is 0.388 e. The number of fused-ring (bicyclic) bond motifs is 1. The topological polar surface area (TPSA) is 94.5 Å². The number of carbonyl (C=O) groups is 2. The van der Waals surface area contributed by atoms with Gasteiger partial charge >= 0.3 is 6.03 Å². The first-order valence-corrected chi connectivity index (χ1v) is 17.0. The van der Waals surface area contributed by atoms with E-state index in [-0.39, 0.29) is 29.6 Å². The number of amides is 3. The van der Waals surface area contributed by atoms with Crippen LogP contribution < -0.4 is 16.0 Å². The van der Waals surface area contributed by atoms with Crippen molar-refractivity contribution in [2.45, 2.75) is 70.0 Å². The maximum atomic E-state index is 14.4. The van der Waals surface area contributed by atoms with Crippen LogP contribution in [0.3, 0.4) is 0 Å². The van der Waals surface area contributed by atoms with E-state index >= 15 is 0 Å². The summed E-state index contributed by atoms with van der Waals surface area (Å²) in [4.78, 5) is 32.2. The Kier molecular flexibility index (Phi) is 9.96. The van der Waals surface area contributed by atoms with Crippen molar-refractivity contribution in [2.75, 3.05) is 32.5 Å². The van der Waals surface area contributed by atoms with Gasteiger partial charge in [0.2, 0.25) is 5.91 Å². The second kappa shape index (κ2) is 14.3. The number of nitrogens with one attached hydrogen (secondary N) is 3. The van der Waals surface area contributed by atoms with Crippen molar-refractivity contribution in [3.8, 4) is 11.1 Å². The lowest BCUT2D eigenvalue weighted by atomic mass is 9.76. The minimum Gasteiger partial charge on any atom is -0.388 e. The van der Waals surface area contributed by atoms with Crippen LogP contribution in [0.1, 0.15) is 62.5 Å². The van der Waals surface area contributed by atoms with Crippen molar-refractivity contribution < 1.29 is 14.0 Å². The summed E-state index contributed by atoms with van der Waals surface area (Å²) in [6.07, 6.45) is 12.0. The van der Waals surface area contributed by atoms with Gasteiger partial charge in [0.15, 0.2) is 0 Å². The van der Waals surface area contributed by atoms with Gasteiger partial charge in [-0.15, -0.1) is 0 Å². The Hall–Kier alpha value is -4.18. The normalized spacial score (nSPS) is 21.1. The second-order valence-electron chi connectivity index (χ2n) is 13.8. The second-order valence-corrected chi connectivity index (χ2v) is 13.8. The number of rotatable bonds is 9. The molecule has 47 heavy (non-hydrogen) atoms. The monoisotopic (exact) mass is 641 g/mol. The molecule has 0 spiro atoms. The fourth-order valence-corrected chi connectivity index (χ4v) is 7.67. The molecule has 1 aromatic heterocycles. The number of hydrogen-bond donors (Lipinski definition) is 3. The summed E-state index contributed by atoms with van der Waals surface area (Å²) in [5, 5.41) is 14.4. The highest BCUT2D eigenvalue weighted by molar-refractivity contribution is 6.00. The fraction of sp³-hybridized carbons (Fsp3) is 0.486. The highest BCUT2D eigenvalue weighted by atomic mass is 19.1. The molecule has 2 aliphatic heterocycles. The first-order valence-electron chi connectivity index (χ1n) is 17.0. The standard InChI is InChI=1S/C37H48FN7O2/c1-24(32-21-39-33-8-6-5-7-31(32)33)35(42-37(47)45-17-15-27(16-18-45)26-10-12-29(38)13-11-26)36(46)41-34-19-25(22-43(2)3)9-14-30(34)28-20-40-44(4)23-28/h9-14,19-21,23-24,27,31,33,35,39H,5-8,15-18,22H2,1-4H3,(H,41,46)(H,42,47)/t24-,31?,33-,35+/m0/s1. The van der Waals surface area contributed by atoms with E-state index in [9.17, 15) is 14.0 Å². The number of hydrogen-bond acceptors (Lipinski definition) is 5. The number of aromatic nitrogens is 2. The molecule has 0 bridgehead atoms. The molecule has 1 saturated heterocycles. The molecule has 1 unspecified atom stereocenters. The molecule has 3 heterocycles. The van der Waals surface area contributed by atoms with Crippen LogP contribution in [0.4, 0.5) is 14.9 Å². The number of halogens is 1. The molecule has 9 nitrogen and oxygen atoms in total. The van der Waals surface area contributed by atoms with Crippen LogP contribution in [0.5, 0.6) is 0 Å². The van der Waals surface area contributed by atoms with Gasteiger partial charge in [0.1, 0.15) is 11.9 Å². The van der Waals surface area contributed by atoms with E-state index < -0.39 is 6.04 Å². The Morgan fingerprint density at radius 3 is 2.51 bits per heavy atom. The zero-order chi connectivity index (χ0) is 33.1. The molecule has 4 atom stereocenters. The minimum atomic E-state index is -0.773. The quantitative estimate of drug-likeness (QED) is 0.272. The summed E-state index contributed by atoms with van der Waals surface area (Å²) in [5.74, 6) is -0.0432. The Morgan fingerprint density at radius 2 is 1.81 bits per heavy atom. The van der Waals surface area contributed by atoms with Crippen LogP contribution >= 0.6 is 0 Å². The minimum absolute atomic E-state index is 0.205. The third-order valence-electron chi connectivity index (χ3n) is 10.2. The van der Waals surface area contributed by atoms with Crippen LogP contribution in [0.15, 0.2) is 66.6 Å². The van der Waals surface area contributed by atoms with Crippen molar-refractivity contribution in [1.82, 2.24) is 30.2 Å². The average Bonchev–Trinajstić information content (AvgIpc) is 3.70. The van der Waals surface area contributed by atoms with Crippen molar-refractivity contribution in [2.24, 2.45) is 18.9 Å². The molecule has 3 N–H and O–H groups in total. The first kappa shape index (κ1) is 32.7. The van der Waals surface area contributed by atoms with E-state index in [4.69, 9.17) is 0 Å². The van der Waals surface area contributed by atoms with E-state index in [0.29, 0.717) is 30.7 Å². The van der Waals surface area contributed by atoms with E-state index in [1.807, 2.05) is 56.5 Å². The summed E-state index contributed by atoms with van der Waals surface area (Å²) >= 11 is 0. The molecule has 1 saturated carbocycles. The fourth-order valence-electron chi connectivity index (χ4n) is 7.67. The van der Waals surface area contributed by atoms with Gasteiger partial charge in [0.25, 0.3) is 0 Å². The van der Waals surface area contributed by atoms with Crippen molar-refractivity contribution in [3.63, 3.8) is 0 Å². The maximum absolute atomic E-state index is 14.4. The number of likely N-dealkylation sites (tertiary alicyclic amines) is 1. The van der Waals surface area contributed by atoms with Crippen LogP contribution in [0.2, 0.25) is 0 Å². The van der Waals surface area contributed by atoms with Crippen LogP contribution in [-0.4, -0.2) is 70.8 Å². The molecule has 3 aromatic rings. The predicted molar refractivity (Wildman–Crippen MR) is 183 cm³/mol. The first-order chi connectivity index (χ1) is 22.7.